The van der Waals surface area contributed by atoms with Crippen molar-refractivity contribution in [1.82, 2.24) is 14.7 Å². The van der Waals surface area contributed by atoms with Crippen LogP contribution in [0.25, 0.3) is 16.8 Å². The summed E-state index contributed by atoms with van der Waals surface area (Å²) in [6.07, 6.45) is 3.74. The molecule has 1 aromatic heterocycles. The lowest BCUT2D eigenvalue weighted by Gasteiger charge is -2.26. The normalized spacial score (nSPS) is 14.4. The standard InChI is InChI=1S/C22H25N3O2.CH4O3S/c1-3-8-19(9-4-1)21-18-25(20-10-5-2-6-11-20)23-22(21)27-15-7-12-24-13-16-26-17-14-24;1-5(2,3)4/h1-6,8-11,18H,7,12-17H2;1H3,(H,2,3,4). The van der Waals surface area contributed by atoms with Crippen LogP contribution in [0.5, 0.6) is 5.88 Å². The summed E-state index contributed by atoms with van der Waals surface area (Å²) in [5.41, 5.74) is 3.16. The van der Waals surface area contributed by atoms with E-state index in [1.165, 1.54) is 0 Å². The molecule has 1 saturated heterocycles. The van der Waals surface area contributed by atoms with Gasteiger partial charge in [0.25, 0.3) is 10.1 Å². The highest BCUT2D eigenvalue weighted by molar-refractivity contribution is 7.85. The summed E-state index contributed by atoms with van der Waals surface area (Å²) in [5.74, 6) is 0.687. The average Bonchev–Trinajstić information content (AvgIpc) is 3.22. The molecule has 8 nitrogen and oxygen atoms in total. The Kier molecular flexibility index (Phi) is 8.81. The van der Waals surface area contributed by atoms with Crippen LogP contribution in [-0.2, 0) is 14.9 Å². The second-order valence-electron chi connectivity index (χ2n) is 7.38. The molecule has 0 bridgehead atoms. The van der Waals surface area contributed by atoms with Gasteiger partial charge in [0, 0.05) is 25.8 Å². The van der Waals surface area contributed by atoms with E-state index >= 15 is 0 Å². The molecule has 0 radical (unpaired) electrons. The van der Waals surface area contributed by atoms with Gasteiger partial charge in [0.1, 0.15) is 0 Å². The SMILES string of the molecule is CS(=O)(=O)O.c1ccc(-c2cn(-c3ccccc3)nc2OCCCN2CCOCC2)cc1. The average molecular weight is 460 g/mol. The molecule has 1 N–H and O–H groups in total. The van der Waals surface area contributed by atoms with Crippen LogP contribution in [0.4, 0.5) is 0 Å². The lowest BCUT2D eigenvalue weighted by Crippen LogP contribution is -2.37. The topological polar surface area (TPSA) is 93.9 Å². The molecule has 0 atom stereocenters. The first kappa shape index (κ1) is 23.9. The van der Waals surface area contributed by atoms with Crippen LogP contribution >= 0.6 is 0 Å². The Morgan fingerprint density at radius 2 is 1.62 bits per heavy atom. The van der Waals surface area contributed by atoms with Crippen LogP contribution in [0.1, 0.15) is 6.42 Å². The minimum Gasteiger partial charge on any atom is -0.476 e. The summed E-state index contributed by atoms with van der Waals surface area (Å²) in [6.45, 7) is 5.38. The molecule has 1 aliphatic heterocycles. The number of nitrogens with zero attached hydrogens (tertiary/aromatic N) is 3. The Balaban J connectivity index is 0.000000523. The Bertz CT molecular complexity index is 1040. The molecule has 0 amide bonds. The predicted molar refractivity (Wildman–Crippen MR) is 124 cm³/mol. The van der Waals surface area contributed by atoms with Crippen molar-refractivity contribution in [1.29, 1.82) is 0 Å². The number of para-hydroxylation sites is 1. The van der Waals surface area contributed by atoms with Gasteiger partial charge in [-0.2, -0.15) is 8.42 Å². The zero-order valence-corrected chi connectivity index (χ0v) is 18.9. The van der Waals surface area contributed by atoms with Crippen LogP contribution in [0.3, 0.4) is 0 Å². The molecule has 0 saturated carbocycles. The van der Waals surface area contributed by atoms with Crippen LogP contribution in [-0.4, -0.2) is 73.4 Å². The van der Waals surface area contributed by atoms with E-state index in [2.05, 4.69) is 17.0 Å². The van der Waals surface area contributed by atoms with Crippen LogP contribution < -0.4 is 4.74 Å². The van der Waals surface area contributed by atoms with Gasteiger partial charge in [0.2, 0.25) is 5.88 Å². The number of morpholine rings is 1. The van der Waals surface area contributed by atoms with Crippen molar-refractivity contribution in [3.05, 3.63) is 66.9 Å². The largest absolute Gasteiger partial charge is 0.476 e. The molecular weight excluding hydrogens is 430 g/mol. The van der Waals surface area contributed by atoms with E-state index in [1.807, 2.05) is 59.4 Å². The second-order valence-corrected chi connectivity index (χ2v) is 8.85. The molecule has 1 fully saturated rings. The molecule has 172 valence electrons. The van der Waals surface area contributed by atoms with Gasteiger partial charge in [-0.15, -0.1) is 5.10 Å². The molecule has 4 rings (SSSR count). The maximum Gasteiger partial charge on any atom is 0.261 e. The predicted octanol–water partition coefficient (Wildman–Crippen LogP) is 3.14. The van der Waals surface area contributed by atoms with Gasteiger partial charge in [-0.05, 0) is 24.1 Å². The first-order valence-electron chi connectivity index (χ1n) is 10.5. The summed E-state index contributed by atoms with van der Waals surface area (Å²) in [6, 6.07) is 20.4. The summed E-state index contributed by atoms with van der Waals surface area (Å²) in [7, 11) is -3.67. The number of ether oxygens (including phenoxy) is 2. The minimum absolute atomic E-state index is 0.656. The van der Waals surface area contributed by atoms with Gasteiger partial charge in [-0.1, -0.05) is 48.5 Å². The van der Waals surface area contributed by atoms with Crippen LogP contribution in [0, 0.1) is 0 Å². The highest BCUT2D eigenvalue weighted by Gasteiger charge is 2.14. The lowest BCUT2D eigenvalue weighted by atomic mass is 10.1. The summed E-state index contributed by atoms with van der Waals surface area (Å²) >= 11 is 0. The minimum atomic E-state index is -3.67. The van der Waals surface area contributed by atoms with Crippen LogP contribution in [0.2, 0.25) is 0 Å². The molecule has 3 aromatic rings. The van der Waals surface area contributed by atoms with Crippen molar-refractivity contribution in [2.75, 3.05) is 45.7 Å². The van der Waals surface area contributed by atoms with E-state index in [-0.39, 0.29) is 0 Å². The molecular formula is C23H29N3O5S. The second kappa shape index (κ2) is 11.8. The molecule has 9 heteroatoms. The van der Waals surface area contributed by atoms with Gasteiger partial charge in [-0.25, -0.2) is 4.68 Å². The fourth-order valence-electron chi connectivity index (χ4n) is 3.28. The third-order valence-corrected chi connectivity index (χ3v) is 4.75. The van der Waals surface area contributed by atoms with Crippen molar-refractivity contribution < 1.29 is 22.4 Å². The third-order valence-electron chi connectivity index (χ3n) is 4.75. The van der Waals surface area contributed by atoms with Crippen molar-refractivity contribution in [2.45, 2.75) is 6.42 Å². The van der Waals surface area contributed by atoms with Crippen molar-refractivity contribution in [3.63, 3.8) is 0 Å². The van der Waals surface area contributed by atoms with Crippen molar-refractivity contribution in [3.8, 4) is 22.7 Å². The Morgan fingerprint density at radius 1 is 1.03 bits per heavy atom. The molecule has 0 unspecified atom stereocenters. The van der Waals surface area contributed by atoms with E-state index in [0.717, 1.165) is 56.1 Å². The summed E-state index contributed by atoms with van der Waals surface area (Å²) in [4.78, 5) is 2.42. The van der Waals surface area contributed by atoms with E-state index in [1.54, 1.807) is 0 Å². The van der Waals surface area contributed by atoms with Gasteiger partial charge in [-0.3, -0.25) is 9.45 Å². The first-order chi connectivity index (χ1) is 15.4. The number of aromatic nitrogens is 2. The molecule has 1 aliphatic rings. The van der Waals surface area contributed by atoms with Gasteiger partial charge in [0.05, 0.1) is 37.3 Å². The number of hydrogen-bond acceptors (Lipinski definition) is 6. The van der Waals surface area contributed by atoms with Gasteiger partial charge < -0.3 is 9.47 Å². The zero-order chi connectivity index (χ0) is 22.8. The summed E-state index contributed by atoms with van der Waals surface area (Å²) < 4.78 is 39.3. The smallest absolute Gasteiger partial charge is 0.261 e. The monoisotopic (exact) mass is 459 g/mol. The number of benzene rings is 2. The quantitative estimate of drug-likeness (QED) is 0.428. The maximum atomic E-state index is 9.19. The molecule has 32 heavy (non-hydrogen) atoms. The zero-order valence-electron chi connectivity index (χ0n) is 18.1. The highest BCUT2D eigenvalue weighted by atomic mass is 32.2. The molecule has 0 aliphatic carbocycles. The lowest BCUT2D eigenvalue weighted by molar-refractivity contribution is 0.0357. The van der Waals surface area contributed by atoms with E-state index < -0.39 is 10.1 Å². The fraction of sp³-hybridized carbons (Fsp3) is 0.348. The molecule has 0 spiro atoms. The Hall–Kier alpha value is -2.72. The Morgan fingerprint density at radius 3 is 2.25 bits per heavy atom. The van der Waals surface area contributed by atoms with E-state index in [0.29, 0.717) is 18.7 Å². The summed E-state index contributed by atoms with van der Waals surface area (Å²) in [5, 5.41) is 4.70. The third kappa shape index (κ3) is 8.08. The van der Waals surface area contributed by atoms with Crippen LogP contribution in [0.15, 0.2) is 66.9 Å². The van der Waals surface area contributed by atoms with Crippen molar-refractivity contribution in [2.24, 2.45) is 0 Å². The molecule has 2 aromatic carbocycles. The molecule has 2 heterocycles. The highest BCUT2D eigenvalue weighted by Crippen LogP contribution is 2.30. The first-order valence-corrected chi connectivity index (χ1v) is 12.3. The van der Waals surface area contributed by atoms with Crippen molar-refractivity contribution >= 4 is 10.1 Å². The van der Waals surface area contributed by atoms with E-state index in [4.69, 9.17) is 19.1 Å². The number of rotatable bonds is 7. The van der Waals surface area contributed by atoms with Gasteiger partial charge in [0.15, 0.2) is 0 Å². The van der Waals surface area contributed by atoms with E-state index in [9.17, 15) is 8.42 Å². The number of hydrogen-bond donors (Lipinski definition) is 1. The maximum absolute atomic E-state index is 9.19. The fourth-order valence-corrected chi connectivity index (χ4v) is 3.28. The Labute approximate surface area is 189 Å². The van der Waals surface area contributed by atoms with Gasteiger partial charge >= 0.3 is 0 Å².